The maximum Gasteiger partial charge on any atom is 0.336 e. The summed E-state index contributed by atoms with van der Waals surface area (Å²) in [5, 5.41) is 17.3. The van der Waals surface area contributed by atoms with Crippen LogP contribution in [0.2, 0.25) is 0 Å². The normalized spacial score (nSPS) is 10.3. The molecule has 0 aliphatic heterocycles. The van der Waals surface area contributed by atoms with Crippen molar-refractivity contribution < 1.29 is 24.6 Å². The zero-order valence-electron chi connectivity index (χ0n) is 16.1. The zero-order chi connectivity index (χ0) is 20.3. The van der Waals surface area contributed by atoms with Crippen LogP contribution in [-0.4, -0.2) is 51.1 Å². The van der Waals surface area contributed by atoms with Crippen LogP contribution in [0.5, 0.6) is 0 Å². The van der Waals surface area contributed by atoms with Gasteiger partial charge < -0.3 is 15.1 Å². The molecule has 0 atom stereocenters. The molecule has 1 amide bonds. The lowest BCUT2D eigenvalue weighted by Crippen LogP contribution is -2.34. The molecule has 1 rings (SSSR count). The van der Waals surface area contributed by atoms with E-state index in [1.54, 1.807) is 0 Å². The van der Waals surface area contributed by atoms with Gasteiger partial charge in [-0.15, -0.1) is 0 Å². The number of nitrogens with zero attached hydrogens (tertiary/aromatic N) is 1. The minimum atomic E-state index is -1.23. The van der Waals surface area contributed by atoms with E-state index in [0.717, 1.165) is 18.8 Å². The van der Waals surface area contributed by atoms with Gasteiger partial charge in [0.1, 0.15) is 0 Å². The predicted molar refractivity (Wildman–Crippen MR) is 105 cm³/mol. The fraction of sp³-hybridized carbons (Fsp3) is 0.526. The average Bonchev–Trinajstić information content (AvgIpc) is 2.54. The van der Waals surface area contributed by atoms with Gasteiger partial charge in [0.05, 0.1) is 11.1 Å². The van der Waals surface area contributed by atoms with E-state index in [1.165, 1.54) is 36.0 Å². The molecule has 0 saturated heterocycles. The lowest BCUT2D eigenvalue weighted by atomic mass is 10.1. The summed E-state index contributed by atoms with van der Waals surface area (Å²) in [7, 11) is 0. The van der Waals surface area contributed by atoms with Gasteiger partial charge in [-0.1, -0.05) is 58.5 Å². The van der Waals surface area contributed by atoms with Crippen LogP contribution >= 0.6 is 11.8 Å². The van der Waals surface area contributed by atoms with Crippen LogP contribution in [0.25, 0.3) is 0 Å². The minimum Gasteiger partial charge on any atom is -0.478 e. The lowest BCUT2D eigenvalue weighted by molar-refractivity contribution is 0.0651. The van der Waals surface area contributed by atoms with Gasteiger partial charge >= 0.3 is 11.9 Å². The number of carbonyl (C=O) groups is 3. The van der Waals surface area contributed by atoms with Crippen LogP contribution < -0.4 is 0 Å². The molecule has 146 valence electrons. The molecule has 0 spiro atoms. The van der Waals surface area contributed by atoms with Crippen LogP contribution in [0.3, 0.4) is 0 Å². The van der Waals surface area contributed by atoms with Gasteiger partial charge in [-0.05, 0) is 29.7 Å². The van der Waals surface area contributed by atoms with Crippen molar-refractivity contribution in [1.29, 1.82) is 0 Å². The molecule has 0 saturated carbocycles. The monoisotopic (exact) mass is 383 g/mol. The number of amides is 1. The van der Waals surface area contributed by atoms with E-state index >= 15 is 0 Å². The number of rotatable bonds is 7. The Kier molecular flexibility index (Phi) is 11.4. The number of carboxylic acids is 2. The molecule has 0 aliphatic rings. The molecule has 6 nitrogen and oxygen atoms in total. The predicted octanol–water partition coefficient (Wildman–Crippen LogP) is 4.56. The molecule has 0 unspecified atom stereocenters. The Morgan fingerprint density at radius 1 is 0.923 bits per heavy atom. The second-order valence-electron chi connectivity index (χ2n) is 6.55. The number of benzene rings is 1. The van der Waals surface area contributed by atoms with Crippen molar-refractivity contribution in [1.82, 2.24) is 4.90 Å². The highest BCUT2D eigenvalue weighted by Gasteiger charge is 2.15. The first kappa shape index (κ1) is 24.0. The smallest absolute Gasteiger partial charge is 0.336 e. The largest absolute Gasteiger partial charge is 0.478 e. The summed E-state index contributed by atoms with van der Waals surface area (Å²) >= 11 is 1.41. The molecule has 26 heavy (non-hydrogen) atoms. The molecule has 0 aromatic heterocycles. The van der Waals surface area contributed by atoms with E-state index in [9.17, 15) is 14.4 Å². The molecule has 0 heterocycles. The maximum atomic E-state index is 11.7. The molecular weight excluding hydrogens is 354 g/mol. The highest BCUT2D eigenvalue weighted by molar-refractivity contribution is 8.13. The van der Waals surface area contributed by atoms with Crippen LogP contribution in [0.1, 0.15) is 55.3 Å². The first-order valence-corrected chi connectivity index (χ1v) is 9.55. The summed E-state index contributed by atoms with van der Waals surface area (Å²) in [5.41, 5.74) is -0.380. The fourth-order valence-electron chi connectivity index (χ4n) is 2.18. The summed E-state index contributed by atoms with van der Waals surface area (Å²) in [4.78, 5) is 34.6. The molecule has 1 aromatic rings. The van der Waals surface area contributed by atoms with Crippen molar-refractivity contribution in [3.63, 3.8) is 0 Å². The number of thioether (sulfide) groups is 1. The topological polar surface area (TPSA) is 94.9 Å². The van der Waals surface area contributed by atoms with E-state index in [2.05, 4.69) is 27.7 Å². The van der Waals surface area contributed by atoms with Crippen molar-refractivity contribution in [2.45, 2.75) is 34.6 Å². The number of aromatic carboxylic acids is 2. The molecular formula is C19H29NO5S. The summed E-state index contributed by atoms with van der Waals surface area (Å²) < 4.78 is 0. The van der Waals surface area contributed by atoms with Gasteiger partial charge in [0.2, 0.25) is 0 Å². The minimum absolute atomic E-state index is 0.190. The van der Waals surface area contributed by atoms with Gasteiger partial charge in [-0.25, -0.2) is 9.59 Å². The molecule has 0 bridgehead atoms. The molecule has 0 fully saturated rings. The van der Waals surface area contributed by atoms with Gasteiger partial charge in [-0.2, -0.15) is 0 Å². The number of carbonyl (C=O) groups excluding carboxylic acids is 1. The van der Waals surface area contributed by atoms with Gasteiger partial charge in [0.25, 0.3) is 5.24 Å². The third-order valence-electron chi connectivity index (χ3n) is 3.08. The van der Waals surface area contributed by atoms with E-state index in [1.807, 2.05) is 11.8 Å². The van der Waals surface area contributed by atoms with E-state index in [-0.39, 0.29) is 16.4 Å². The Hall–Kier alpha value is -2.02. The standard InChI is InChI=1S/C11H23NOS.C8H6O4/c1-6-14-11(13)12(7-9(2)3)8-10(4)5;9-7(10)5-3-1-2-4-6(5)8(11)12/h9-10H,6-8H2,1-5H3;1-4H,(H,9,10)(H,11,12). The first-order chi connectivity index (χ1) is 12.1. The van der Waals surface area contributed by atoms with Crippen molar-refractivity contribution in [2.75, 3.05) is 18.8 Å². The Balaban J connectivity index is 0.000000485. The van der Waals surface area contributed by atoms with Crippen molar-refractivity contribution >= 4 is 28.9 Å². The Morgan fingerprint density at radius 2 is 1.31 bits per heavy atom. The average molecular weight is 384 g/mol. The summed E-state index contributed by atoms with van der Waals surface area (Å²) in [6.45, 7) is 12.4. The molecule has 0 aliphatic carbocycles. The van der Waals surface area contributed by atoms with E-state index in [0.29, 0.717) is 11.8 Å². The van der Waals surface area contributed by atoms with Gasteiger partial charge in [-0.3, -0.25) is 4.79 Å². The highest BCUT2D eigenvalue weighted by atomic mass is 32.2. The highest BCUT2D eigenvalue weighted by Crippen LogP contribution is 2.12. The van der Waals surface area contributed by atoms with Crippen LogP contribution in [0.4, 0.5) is 4.79 Å². The van der Waals surface area contributed by atoms with Crippen LogP contribution in [-0.2, 0) is 0 Å². The third-order valence-corrected chi connectivity index (χ3v) is 3.88. The quantitative estimate of drug-likeness (QED) is 0.717. The summed E-state index contributed by atoms with van der Waals surface area (Å²) in [5.74, 6) is -0.489. The summed E-state index contributed by atoms with van der Waals surface area (Å²) in [6.07, 6.45) is 0. The summed E-state index contributed by atoms with van der Waals surface area (Å²) in [6, 6.07) is 5.48. The molecule has 1 aromatic carbocycles. The van der Waals surface area contributed by atoms with Crippen LogP contribution in [0.15, 0.2) is 24.3 Å². The second-order valence-corrected chi connectivity index (χ2v) is 7.76. The fourth-order valence-corrected chi connectivity index (χ4v) is 2.75. The first-order valence-electron chi connectivity index (χ1n) is 8.57. The van der Waals surface area contributed by atoms with E-state index in [4.69, 9.17) is 10.2 Å². The van der Waals surface area contributed by atoms with Gasteiger partial charge in [0.15, 0.2) is 0 Å². The SMILES string of the molecule is CCSC(=O)N(CC(C)C)CC(C)C.O=C(O)c1ccccc1C(=O)O. The Labute approximate surface area is 159 Å². The van der Waals surface area contributed by atoms with Gasteiger partial charge in [0, 0.05) is 13.1 Å². The number of hydrogen-bond acceptors (Lipinski definition) is 4. The molecule has 0 radical (unpaired) electrons. The zero-order valence-corrected chi connectivity index (χ0v) is 16.9. The molecule has 7 heteroatoms. The third kappa shape index (κ3) is 9.46. The Morgan fingerprint density at radius 3 is 1.58 bits per heavy atom. The van der Waals surface area contributed by atoms with Crippen molar-refractivity contribution in [3.05, 3.63) is 35.4 Å². The van der Waals surface area contributed by atoms with Crippen LogP contribution in [0, 0.1) is 11.8 Å². The second kappa shape index (κ2) is 12.4. The lowest BCUT2D eigenvalue weighted by Gasteiger charge is -2.25. The maximum absolute atomic E-state index is 11.7. The van der Waals surface area contributed by atoms with Crippen molar-refractivity contribution in [2.24, 2.45) is 11.8 Å². The van der Waals surface area contributed by atoms with E-state index < -0.39 is 11.9 Å². The Bertz CT molecular complexity index is 558. The number of carboxylic acid groups (broad SMARTS) is 2. The number of hydrogen-bond donors (Lipinski definition) is 2. The molecule has 2 N–H and O–H groups in total. The van der Waals surface area contributed by atoms with Crippen molar-refractivity contribution in [3.8, 4) is 0 Å².